The summed E-state index contributed by atoms with van der Waals surface area (Å²) < 4.78 is 0. The summed E-state index contributed by atoms with van der Waals surface area (Å²) >= 11 is 0. The molecule has 0 aromatic rings. The highest BCUT2D eigenvalue weighted by molar-refractivity contribution is 4.61. The van der Waals surface area contributed by atoms with Crippen molar-refractivity contribution < 1.29 is 15.3 Å². The fraction of sp³-hybridized carbons (Fsp3) is 1.00. The number of hydrogen-bond acceptors (Lipinski definition) is 5. The van der Waals surface area contributed by atoms with Gasteiger partial charge in [-0.3, -0.25) is 4.90 Å². The van der Waals surface area contributed by atoms with Crippen LogP contribution < -0.4 is 5.32 Å². The first kappa shape index (κ1) is 14.8. The third-order valence-electron chi connectivity index (χ3n) is 2.06. The topological polar surface area (TPSA) is 76.0 Å². The van der Waals surface area contributed by atoms with E-state index < -0.39 is 0 Å². The largest absolute Gasteiger partial charge is 0.395 e. The number of aliphatic hydroxyl groups is 3. The number of nitrogens with one attached hydrogen (secondary N) is 1. The Kier molecular flexibility index (Phi) is 10.2. The van der Waals surface area contributed by atoms with Crippen LogP contribution in [0, 0.1) is 0 Å². The summed E-state index contributed by atoms with van der Waals surface area (Å²) in [5.41, 5.74) is 0. The Balaban J connectivity index is 3.47. The monoisotopic (exact) mass is 220 g/mol. The molecule has 0 aromatic carbocycles. The Morgan fingerprint density at radius 1 is 1.13 bits per heavy atom. The average Bonchev–Trinajstić information content (AvgIpc) is 2.17. The molecule has 0 aliphatic heterocycles. The van der Waals surface area contributed by atoms with E-state index in [-0.39, 0.29) is 19.3 Å². The zero-order chi connectivity index (χ0) is 11.5. The van der Waals surface area contributed by atoms with E-state index >= 15 is 0 Å². The van der Waals surface area contributed by atoms with Crippen LogP contribution in [0.4, 0.5) is 0 Å². The number of hydrogen-bond donors (Lipinski definition) is 4. The molecule has 0 heterocycles. The molecule has 0 radical (unpaired) electrons. The summed E-state index contributed by atoms with van der Waals surface area (Å²) in [7, 11) is 0. The van der Waals surface area contributed by atoms with Gasteiger partial charge < -0.3 is 20.6 Å². The molecule has 0 saturated carbocycles. The van der Waals surface area contributed by atoms with Crippen molar-refractivity contribution in [2.24, 2.45) is 0 Å². The van der Waals surface area contributed by atoms with Crippen molar-refractivity contribution in [3.63, 3.8) is 0 Å². The Bertz CT molecular complexity index is 134. The first-order chi connectivity index (χ1) is 7.20. The average molecular weight is 220 g/mol. The molecule has 15 heavy (non-hydrogen) atoms. The highest BCUT2D eigenvalue weighted by Gasteiger charge is 2.06. The molecule has 0 saturated heterocycles. The predicted molar refractivity (Wildman–Crippen MR) is 59.8 cm³/mol. The van der Waals surface area contributed by atoms with Gasteiger partial charge in [-0.15, -0.1) is 0 Å². The maximum absolute atomic E-state index is 9.22. The van der Waals surface area contributed by atoms with Gasteiger partial charge in [-0.05, 0) is 26.4 Å². The number of rotatable bonds is 10. The van der Waals surface area contributed by atoms with Crippen LogP contribution in [0.25, 0.3) is 0 Å². The Hall–Kier alpha value is -0.200. The lowest BCUT2D eigenvalue weighted by Gasteiger charge is -2.22. The van der Waals surface area contributed by atoms with Gasteiger partial charge >= 0.3 is 0 Å². The van der Waals surface area contributed by atoms with Gasteiger partial charge in [0.05, 0.1) is 19.3 Å². The molecule has 92 valence electrons. The van der Waals surface area contributed by atoms with Crippen LogP contribution in [-0.4, -0.2) is 72.3 Å². The van der Waals surface area contributed by atoms with E-state index in [0.29, 0.717) is 19.6 Å². The van der Waals surface area contributed by atoms with E-state index in [2.05, 4.69) is 5.32 Å². The molecule has 0 amide bonds. The SMILES string of the molecule is CC(O)CN(CCO)CCCNCCO. The highest BCUT2D eigenvalue weighted by atomic mass is 16.3. The van der Waals surface area contributed by atoms with Gasteiger partial charge in [-0.2, -0.15) is 0 Å². The van der Waals surface area contributed by atoms with Crippen LogP contribution >= 0.6 is 0 Å². The second-order valence-electron chi connectivity index (χ2n) is 3.70. The van der Waals surface area contributed by atoms with Crippen LogP contribution in [0.1, 0.15) is 13.3 Å². The van der Waals surface area contributed by atoms with Gasteiger partial charge in [-0.25, -0.2) is 0 Å². The zero-order valence-electron chi connectivity index (χ0n) is 9.52. The molecule has 0 rings (SSSR count). The van der Waals surface area contributed by atoms with Crippen LogP contribution in [0.5, 0.6) is 0 Å². The van der Waals surface area contributed by atoms with Crippen LogP contribution in [-0.2, 0) is 0 Å². The van der Waals surface area contributed by atoms with Crippen molar-refractivity contribution in [2.75, 3.05) is 45.9 Å². The molecule has 0 bridgehead atoms. The van der Waals surface area contributed by atoms with Gasteiger partial charge in [0.1, 0.15) is 0 Å². The molecule has 0 aliphatic carbocycles. The van der Waals surface area contributed by atoms with Crippen molar-refractivity contribution in [2.45, 2.75) is 19.4 Å². The molecule has 4 N–H and O–H groups in total. The van der Waals surface area contributed by atoms with E-state index in [9.17, 15) is 5.11 Å². The normalized spacial score (nSPS) is 13.4. The molecule has 0 aromatic heterocycles. The maximum atomic E-state index is 9.22. The molecule has 1 atom stereocenters. The molecule has 0 fully saturated rings. The molecule has 0 aliphatic rings. The summed E-state index contributed by atoms with van der Waals surface area (Å²) in [4.78, 5) is 2.03. The van der Waals surface area contributed by atoms with Crippen LogP contribution in [0.3, 0.4) is 0 Å². The molecule has 0 spiro atoms. The highest BCUT2D eigenvalue weighted by Crippen LogP contribution is 1.93. The fourth-order valence-electron chi connectivity index (χ4n) is 1.44. The number of nitrogens with zero attached hydrogens (tertiary/aromatic N) is 1. The first-order valence-electron chi connectivity index (χ1n) is 5.53. The van der Waals surface area contributed by atoms with E-state index in [4.69, 9.17) is 10.2 Å². The van der Waals surface area contributed by atoms with Crippen LogP contribution in [0.2, 0.25) is 0 Å². The van der Waals surface area contributed by atoms with Crippen molar-refractivity contribution in [3.05, 3.63) is 0 Å². The van der Waals surface area contributed by atoms with Gasteiger partial charge in [-0.1, -0.05) is 0 Å². The molecule has 1 unspecified atom stereocenters. The lowest BCUT2D eigenvalue weighted by molar-refractivity contribution is 0.110. The summed E-state index contributed by atoms with van der Waals surface area (Å²) in [6.07, 6.45) is 0.592. The fourth-order valence-corrected chi connectivity index (χ4v) is 1.44. The Labute approximate surface area is 91.7 Å². The summed E-state index contributed by atoms with van der Waals surface area (Å²) in [6.45, 7) is 5.55. The van der Waals surface area contributed by atoms with E-state index in [1.807, 2.05) is 4.90 Å². The van der Waals surface area contributed by atoms with E-state index in [1.54, 1.807) is 6.92 Å². The lowest BCUT2D eigenvalue weighted by atomic mass is 10.3. The van der Waals surface area contributed by atoms with Crippen molar-refractivity contribution >= 4 is 0 Å². The molecule has 5 nitrogen and oxygen atoms in total. The van der Waals surface area contributed by atoms with E-state index in [1.165, 1.54) is 0 Å². The second-order valence-corrected chi connectivity index (χ2v) is 3.70. The quantitative estimate of drug-likeness (QED) is 0.342. The molecular weight excluding hydrogens is 196 g/mol. The molecular formula is C10H24N2O3. The van der Waals surface area contributed by atoms with Crippen molar-refractivity contribution in [1.82, 2.24) is 10.2 Å². The van der Waals surface area contributed by atoms with Gasteiger partial charge in [0.15, 0.2) is 0 Å². The van der Waals surface area contributed by atoms with Gasteiger partial charge in [0, 0.05) is 19.6 Å². The number of aliphatic hydroxyl groups excluding tert-OH is 3. The van der Waals surface area contributed by atoms with Crippen molar-refractivity contribution in [3.8, 4) is 0 Å². The minimum absolute atomic E-state index is 0.122. The Morgan fingerprint density at radius 2 is 1.87 bits per heavy atom. The van der Waals surface area contributed by atoms with Gasteiger partial charge in [0.25, 0.3) is 0 Å². The third-order valence-corrected chi connectivity index (χ3v) is 2.06. The van der Waals surface area contributed by atoms with Crippen molar-refractivity contribution in [1.29, 1.82) is 0 Å². The summed E-state index contributed by atoms with van der Waals surface area (Å²) in [5, 5.41) is 29.7. The maximum Gasteiger partial charge on any atom is 0.0639 e. The first-order valence-corrected chi connectivity index (χ1v) is 5.53. The standard InChI is InChI=1S/C10H24N2O3/c1-10(15)9-12(6-8-14)5-2-3-11-4-7-13/h10-11,13-15H,2-9H2,1H3. The summed E-state index contributed by atoms with van der Waals surface area (Å²) in [5.74, 6) is 0. The minimum Gasteiger partial charge on any atom is -0.395 e. The Morgan fingerprint density at radius 3 is 2.40 bits per heavy atom. The third kappa shape index (κ3) is 10.1. The second kappa shape index (κ2) is 10.3. The van der Waals surface area contributed by atoms with E-state index in [0.717, 1.165) is 19.5 Å². The zero-order valence-corrected chi connectivity index (χ0v) is 9.52. The van der Waals surface area contributed by atoms with Crippen LogP contribution in [0.15, 0.2) is 0 Å². The molecule has 5 heteroatoms. The lowest BCUT2D eigenvalue weighted by Crippen LogP contribution is -2.35. The van der Waals surface area contributed by atoms with Gasteiger partial charge in [0.2, 0.25) is 0 Å². The smallest absolute Gasteiger partial charge is 0.0639 e. The summed E-state index contributed by atoms with van der Waals surface area (Å²) in [6, 6.07) is 0. The predicted octanol–water partition coefficient (Wildman–Crippen LogP) is -1.37. The minimum atomic E-state index is -0.359.